The zero-order valence-corrected chi connectivity index (χ0v) is 19.3. The molecular formula is C27H37NO4. The van der Waals surface area contributed by atoms with Crippen LogP contribution in [0.3, 0.4) is 0 Å². The van der Waals surface area contributed by atoms with Crippen molar-refractivity contribution in [3.8, 4) is 0 Å². The van der Waals surface area contributed by atoms with Crippen LogP contribution in [-0.4, -0.2) is 41.5 Å². The molecule has 2 aliphatic carbocycles. The van der Waals surface area contributed by atoms with Gasteiger partial charge in [-0.15, -0.1) is 0 Å². The molecule has 5 nitrogen and oxygen atoms in total. The molecule has 0 amide bonds. The molecule has 32 heavy (non-hydrogen) atoms. The minimum atomic E-state index is -0.509. The Balaban J connectivity index is 1.61. The average molecular weight is 440 g/mol. The highest BCUT2D eigenvalue weighted by molar-refractivity contribution is 5.91. The van der Waals surface area contributed by atoms with E-state index < -0.39 is 11.5 Å². The summed E-state index contributed by atoms with van der Waals surface area (Å²) < 4.78 is 5.25. The van der Waals surface area contributed by atoms with Gasteiger partial charge in [-0.2, -0.15) is 0 Å². The summed E-state index contributed by atoms with van der Waals surface area (Å²) in [6.45, 7) is 9.78. The SMILES string of the molecule is C=C1CCC2[C@](C)(CO)C(O)CC[C@]2(C)[C@H]1CC(NCc1ccccc1)C1=CCOC1=O. The Morgan fingerprint density at radius 1 is 1.25 bits per heavy atom. The zero-order valence-electron chi connectivity index (χ0n) is 19.3. The lowest BCUT2D eigenvalue weighted by Crippen LogP contribution is -2.58. The number of carbonyl (C=O) groups is 1. The van der Waals surface area contributed by atoms with Crippen LogP contribution in [0.2, 0.25) is 0 Å². The van der Waals surface area contributed by atoms with Crippen molar-refractivity contribution in [1.82, 2.24) is 5.32 Å². The fourth-order valence-corrected chi connectivity index (χ4v) is 6.69. The van der Waals surface area contributed by atoms with Crippen LogP contribution in [0.5, 0.6) is 0 Å². The van der Waals surface area contributed by atoms with Crippen molar-refractivity contribution in [2.75, 3.05) is 13.2 Å². The van der Waals surface area contributed by atoms with Gasteiger partial charge in [0.05, 0.1) is 18.3 Å². The van der Waals surface area contributed by atoms with Gasteiger partial charge in [0.2, 0.25) is 0 Å². The number of aliphatic hydroxyl groups is 2. The van der Waals surface area contributed by atoms with Gasteiger partial charge in [0.25, 0.3) is 0 Å². The first kappa shape index (κ1) is 23.2. The molecule has 4 rings (SSSR count). The third-order valence-electron chi connectivity index (χ3n) is 8.69. The number of esters is 1. The second-order valence-corrected chi connectivity index (χ2v) is 10.4. The standard InChI is InChI=1S/C27H37NO4/c1-18-9-10-23-26(2,13-11-24(30)27(23,3)17-29)21(18)15-22(20-12-14-32-25(20)31)28-16-19-7-5-4-6-8-19/h4-8,12,21-24,28-30H,1,9-11,13-17H2,2-3H3/t21-,22?,23?,24?,26+,27-/m0/s1. The molecular weight excluding hydrogens is 402 g/mol. The Labute approximate surface area is 191 Å². The second-order valence-electron chi connectivity index (χ2n) is 10.4. The Hall–Kier alpha value is -1.95. The fourth-order valence-electron chi connectivity index (χ4n) is 6.69. The van der Waals surface area contributed by atoms with Gasteiger partial charge in [0.15, 0.2) is 0 Å². The van der Waals surface area contributed by atoms with Crippen molar-refractivity contribution in [3.63, 3.8) is 0 Å². The minimum Gasteiger partial charge on any atom is -0.458 e. The molecule has 2 saturated carbocycles. The van der Waals surface area contributed by atoms with Gasteiger partial charge in [-0.1, -0.05) is 56.3 Å². The highest BCUT2D eigenvalue weighted by Crippen LogP contribution is 2.61. The highest BCUT2D eigenvalue weighted by atomic mass is 16.5. The lowest BCUT2D eigenvalue weighted by atomic mass is 9.46. The Morgan fingerprint density at radius 2 is 2.00 bits per heavy atom. The number of fused-ring (bicyclic) bond motifs is 1. The summed E-state index contributed by atoms with van der Waals surface area (Å²) in [5.74, 6) is 0.165. The number of benzene rings is 1. The lowest BCUT2D eigenvalue weighted by Gasteiger charge is -2.60. The van der Waals surface area contributed by atoms with E-state index in [0.29, 0.717) is 25.1 Å². The molecule has 0 saturated heterocycles. The number of carbonyl (C=O) groups excluding carboxylic acids is 1. The normalized spacial score (nSPS) is 35.8. The summed E-state index contributed by atoms with van der Waals surface area (Å²) in [5.41, 5.74) is 2.51. The first-order valence-electron chi connectivity index (χ1n) is 11.9. The molecule has 1 aliphatic heterocycles. The summed E-state index contributed by atoms with van der Waals surface area (Å²) in [6.07, 6.45) is 5.58. The van der Waals surface area contributed by atoms with E-state index in [2.05, 4.69) is 31.0 Å². The molecule has 3 unspecified atom stereocenters. The van der Waals surface area contributed by atoms with E-state index in [1.165, 1.54) is 11.1 Å². The van der Waals surface area contributed by atoms with E-state index in [1.807, 2.05) is 31.2 Å². The second kappa shape index (κ2) is 9.12. The van der Waals surface area contributed by atoms with Crippen LogP contribution in [0.1, 0.15) is 51.5 Å². The summed E-state index contributed by atoms with van der Waals surface area (Å²) >= 11 is 0. The molecule has 3 aliphatic rings. The maximum atomic E-state index is 12.5. The quantitative estimate of drug-likeness (QED) is 0.445. The Bertz CT molecular complexity index is 881. The smallest absolute Gasteiger partial charge is 0.335 e. The lowest BCUT2D eigenvalue weighted by molar-refractivity contribution is -0.153. The molecule has 1 aromatic rings. The van der Waals surface area contributed by atoms with Crippen LogP contribution in [-0.2, 0) is 16.1 Å². The number of aliphatic hydroxyl groups excluding tert-OH is 2. The van der Waals surface area contributed by atoms with Gasteiger partial charge in [0, 0.05) is 18.0 Å². The maximum Gasteiger partial charge on any atom is 0.335 e. The van der Waals surface area contributed by atoms with Crippen LogP contribution in [0.4, 0.5) is 0 Å². The van der Waals surface area contributed by atoms with E-state index in [4.69, 9.17) is 4.74 Å². The van der Waals surface area contributed by atoms with Gasteiger partial charge in [0.1, 0.15) is 6.61 Å². The average Bonchev–Trinajstić information content (AvgIpc) is 3.22. The van der Waals surface area contributed by atoms with Gasteiger partial charge in [-0.05, 0) is 61.0 Å². The molecule has 0 aromatic heterocycles. The summed E-state index contributed by atoms with van der Waals surface area (Å²) in [6, 6.07) is 10.1. The predicted molar refractivity (Wildman–Crippen MR) is 125 cm³/mol. The zero-order chi connectivity index (χ0) is 22.9. The van der Waals surface area contributed by atoms with Crippen molar-refractivity contribution >= 4 is 5.97 Å². The third kappa shape index (κ3) is 4.07. The molecule has 1 heterocycles. The van der Waals surface area contributed by atoms with Gasteiger partial charge in [-0.25, -0.2) is 4.79 Å². The highest BCUT2D eigenvalue weighted by Gasteiger charge is 2.57. The van der Waals surface area contributed by atoms with Crippen LogP contribution in [0.15, 0.2) is 54.1 Å². The van der Waals surface area contributed by atoms with Crippen molar-refractivity contribution in [1.29, 1.82) is 0 Å². The molecule has 6 atom stereocenters. The van der Waals surface area contributed by atoms with Crippen molar-refractivity contribution in [2.45, 2.75) is 64.6 Å². The molecule has 5 heteroatoms. The van der Waals surface area contributed by atoms with Crippen molar-refractivity contribution < 1.29 is 19.7 Å². The van der Waals surface area contributed by atoms with Crippen molar-refractivity contribution in [2.24, 2.45) is 22.7 Å². The van der Waals surface area contributed by atoms with Crippen LogP contribution >= 0.6 is 0 Å². The molecule has 2 fully saturated rings. The third-order valence-corrected chi connectivity index (χ3v) is 8.69. The minimum absolute atomic E-state index is 0.0131. The van der Waals surface area contributed by atoms with E-state index in [9.17, 15) is 15.0 Å². The van der Waals surface area contributed by atoms with Gasteiger partial charge in [-0.3, -0.25) is 0 Å². The topological polar surface area (TPSA) is 78.8 Å². The first-order valence-corrected chi connectivity index (χ1v) is 11.9. The summed E-state index contributed by atoms with van der Waals surface area (Å²) in [5, 5.41) is 24.7. The number of cyclic esters (lactones) is 1. The van der Waals surface area contributed by atoms with Crippen LogP contribution in [0.25, 0.3) is 0 Å². The number of nitrogens with one attached hydrogen (secondary N) is 1. The molecule has 0 radical (unpaired) electrons. The van der Waals surface area contributed by atoms with E-state index >= 15 is 0 Å². The summed E-state index contributed by atoms with van der Waals surface area (Å²) in [7, 11) is 0. The van der Waals surface area contributed by atoms with Gasteiger partial charge >= 0.3 is 5.97 Å². The number of ether oxygens (including phenoxy) is 1. The molecule has 3 N–H and O–H groups in total. The first-order chi connectivity index (χ1) is 15.3. The van der Waals surface area contributed by atoms with E-state index in [0.717, 1.165) is 25.7 Å². The Morgan fingerprint density at radius 3 is 2.66 bits per heavy atom. The number of hydrogen-bond donors (Lipinski definition) is 3. The van der Waals surface area contributed by atoms with E-state index in [-0.39, 0.29) is 35.9 Å². The van der Waals surface area contributed by atoms with Crippen LogP contribution in [0, 0.1) is 22.7 Å². The molecule has 174 valence electrons. The largest absolute Gasteiger partial charge is 0.458 e. The van der Waals surface area contributed by atoms with Crippen molar-refractivity contribution in [3.05, 3.63) is 59.7 Å². The summed E-state index contributed by atoms with van der Waals surface area (Å²) in [4.78, 5) is 12.5. The molecule has 1 aromatic carbocycles. The van der Waals surface area contributed by atoms with Crippen LogP contribution < -0.4 is 5.32 Å². The van der Waals surface area contributed by atoms with E-state index in [1.54, 1.807) is 0 Å². The molecule has 0 spiro atoms. The fraction of sp³-hybridized carbons (Fsp3) is 0.593. The monoisotopic (exact) mass is 439 g/mol. The Kier molecular flexibility index (Phi) is 6.62. The predicted octanol–water partition coefficient (Wildman–Crippen LogP) is 3.76. The maximum absolute atomic E-state index is 12.5. The molecule has 0 bridgehead atoms. The van der Waals surface area contributed by atoms with Gasteiger partial charge < -0.3 is 20.3 Å². The number of allylic oxidation sites excluding steroid dienone is 1. The number of rotatable bonds is 7. The number of hydrogen-bond acceptors (Lipinski definition) is 5.